The molecule has 2 aliphatic carbocycles. The van der Waals surface area contributed by atoms with E-state index in [2.05, 4.69) is 6.07 Å². The Morgan fingerprint density at radius 3 is 2.67 bits per heavy atom. The van der Waals surface area contributed by atoms with Crippen LogP contribution in [-0.4, -0.2) is 11.2 Å². The predicted octanol–water partition coefficient (Wildman–Crippen LogP) is 0.671. The highest BCUT2D eigenvalue weighted by Crippen LogP contribution is 2.62. The normalized spacial score (nSPS) is 54.2. The smallest absolute Gasteiger partial charge is 0.0693 e. The lowest BCUT2D eigenvalue weighted by Crippen LogP contribution is -2.04. The summed E-state index contributed by atoms with van der Waals surface area (Å²) >= 11 is 0. The Morgan fingerprint density at radius 2 is 2.33 bits per heavy atom. The molecule has 0 aliphatic heterocycles. The van der Waals surface area contributed by atoms with Crippen molar-refractivity contribution in [2.24, 2.45) is 11.3 Å². The average molecular weight is 123 g/mol. The van der Waals surface area contributed by atoms with Gasteiger partial charge < -0.3 is 5.11 Å². The summed E-state index contributed by atoms with van der Waals surface area (Å²) in [6, 6.07) is 2.28. The van der Waals surface area contributed by atoms with Gasteiger partial charge in [0.05, 0.1) is 17.6 Å². The maximum atomic E-state index is 9.08. The van der Waals surface area contributed by atoms with Crippen molar-refractivity contribution >= 4 is 0 Å². The van der Waals surface area contributed by atoms with Crippen molar-refractivity contribution in [2.45, 2.75) is 25.4 Å². The summed E-state index contributed by atoms with van der Waals surface area (Å²) in [5.74, 6) is 0.539. The average Bonchev–Trinajstić information content (AvgIpc) is 2.38. The van der Waals surface area contributed by atoms with Crippen LogP contribution in [0.5, 0.6) is 0 Å². The minimum atomic E-state index is -0.177. The highest BCUT2D eigenvalue weighted by Gasteiger charge is 2.60. The first-order chi connectivity index (χ1) is 4.27. The van der Waals surface area contributed by atoms with Crippen LogP contribution < -0.4 is 0 Å². The van der Waals surface area contributed by atoms with E-state index in [1.165, 1.54) is 0 Å². The van der Waals surface area contributed by atoms with Crippen molar-refractivity contribution in [1.29, 1.82) is 5.26 Å². The summed E-state index contributed by atoms with van der Waals surface area (Å²) in [6.45, 7) is 0. The molecule has 0 unspecified atom stereocenters. The van der Waals surface area contributed by atoms with E-state index in [0.29, 0.717) is 5.92 Å². The molecule has 0 radical (unpaired) electrons. The van der Waals surface area contributed by atoms with Crippen molar-refractivity contribution in [3.8, 4) is 6.07 Å². The summed E-state index contributed by atoms with van der Waals surface area (Å²) in [6.07, 6.45) is 2.46. The Morgan fingerprint density at radius 1 is 1.56 bits per heavy atom. The van der Waals surface area contributed by atoms with E-state index in [9.17, 15) is 0 Å². The van der Waals surface area contributed by atoms with Crippen LogP contribution in [0.1, 0.15) is 19.3 Å². The molecule has 0 aromatic carbocycles. The Kier molecular flexibility index (Phi) is 0.758. The number of nitrogens with zero attached hydrogens (tertiary/aromatic N) is 1. The molecule has 48 valence electrons. The third-order valence-electron chi connectivity index (χ3n) is 2.61. The number of hydrogen-bond acceptors (Lipinski definition) is 2. The largest absolute Gasteiger partial charge is 0.393 e. The second-order valence-electron chi connectivity index (χ2n) is 3.26. The van der Waals surface area contributed by atoms with Gasteiger partial charge in [0.1, 0.15) is 0 Å². The summed E-state index contributed by atoms with van der Waals surface area (Å²) in [5.41, 5.74) is -0.0700. The van der Waals surface area contributed by atoms with E-state index >= 15 is 0 Å². The second kappa shape index (κ2) is 1.30. The lowest BCUT2D eigenvalue weighted by Gasteiger charge is -2.01. The Bertz CT molecular complexity index is 184. The van der Waals surface area contributed by atoms with Crippen LogP contribution in [0.15, 0.2) is 0 Å². The monoisotopic (exact) mass is 123 g/mol. The maximum Gasteiger partial charge on any atom is 0.0693 e. The van der Waals surface area contributed by atoms with Crippen LogP contribution in [0.3, 0.4) is 0 Å². The topological polar surface area (TPSA) is 44.0 Å². The third-order valence-corrected chi connectivity index (χ3v) is 2.61. The van der Waals surface area contributed by atoms with Crippen molar-refractivity contribution < 1.29 is 5.11 Å². The van der Waals surface area contributed by atoms with Gasteiger partial charge in [0.2, 0.25) is 0 Å². The van der Waals surface area contributed by atoms with Gasteiger partial charge in [-0.2, -0.15) is 5.26 Å². The molecular weight excluding hydrogens is 114 g/mol. The third kappa shape index (κ3) is 0.529. The fourth-order valence-electron chi connectivity index (χ4n) is 1.95. The molecule has 2 fully saturated rings. The molecule has 0 saturated heterocycles. The van der Waals surface area contributed by atoms with E-state index < -0.39 is 0 Å². The van der Waals surface area contributed by atoms with Gasteiger partial charge in [-0.25, -0.2) is 0 Å². The standard InChI is InChI=1S/C7H9NO/c8-4-7-2-5(7)1-6(9)3-7/h5-6,9H,1-3H2/t5-,6-,7-/m1/s1. The molecule has 0 bridgehead atoms. The SMILES string of the molecule is N#C[C@@]12C[C@H](O)C[C@@H]1C2. The number of hydrogen-bond donors (Lipinski definition) is 1. The van der Waals surface area contributed by atoms with Crippen molar-refractivity contribution in [3.05, 3.63) is 0 Å². The van der Waals surface area contributed by atoms with Gasteiger partial charge in [-0.05, 0) is 25.2 Å². The molecule has 3 atom stereocenters. The zero-order chi connectivity index (χ0) is 6.48. The van der Waals surface area contributed by atoms with E-state index in [-0.39, 0.29) is 11.5 Å². The summed E-state index contributed by atoms with van der Waals surface area (Å²) in [5, 5.41) is 17.7. The van der Waals surface area contributed by atoms with Gasteiger partial charge in [0.15, 0.2) is 0 Å². The Labute approximate surface area is 54.1 Å². The minimum absolute atomic E-state index is 0.0700. The number of aliphatic hydroxyl groups excluding tert-OH is 1. The number of fused-ring (bicyclic) bond motifs is 1. The summed E-state index contributed by atoms with van der Waals surface area (Å²) in [7, 11) is 0. The molecule has 0 amide bonds. The van der Waals surface area contributed by atoms with Crippen LogP contribution in [-0.2, 0) is 0 Å². The molecule has 1 N–H and O–H groups in total. The first-order valence-electron chi connectivity index (χ1n) is 3.36. The quantitative estimate of drug-likeness (QED) is 0.514. The Hall–Kier alpha value is -0.550. The van der Waals surface area contributed by atoms with Crippen LogP contribution in [0.25, 0.3) is 0 Å². The van der Waals surface area contributed by atoms with Gasteiger partial charge in [-0.15, -0.1) is 0 Å². The van der Waals surface area contributed by atoms with Gasteiger partial charge in [-0.1, -0.05) is 0 Å². The first-order valence-corrected chi connectivity index (χ1v) is 3.36. The molecule has 0 heterocycles. The maximum absolute atomic E-state index is 9.08. The van der Waals surface area contributed by atoms with Gasteiger partial charge >= 0.3 is 0 Å². The molecule has 2 aliphatic rings. The molecular formula is C7H9NO. The van der Waals surface area contributed by atoms with Gasteiger partial charge in [-0.3, -0.25) is 0 Å². The highest BCUT2D eigenvalue weighted by atomic mass is 16.3. The van der Waals surface area contributed by atoms with Crippen molar-refractivity contribution in [1.82, 2.24) is 0 Å². The molecule has 0 spiro atoms. The number of rotatable bonds is 0. The number of nitriles is 1. The molecule has 2 heteroatoms. The fraction of sp³-hybridized carbons (Fsp3) is 0.857. The van der Waals surface area contributed by atoms with E-state index in [4.69, 9.17) is 10.4 Å². The summed E-state index contributed by atoms with van der Waals surface area (Å²) in [4.78, 5) is 0. The minimum Gasteiger partial charge on any atom is -0.393 e. The zero-order valence-corrected chi connectivity index (χ0v) is 5.17. The predicted molar refractivity (Wildman–Crippen MR) is 31.4 cm³/mol. The molecule has 9 heavy (non-hydrogen) atoms. The van der Waals surface area contributed by atoms with Crippen molar-refractivity contribution in [3.63, 3.8) is 0 Å². The van der Waals surface area contributed by atoms with Crippen LogP contribution in [0.4, 0.5) is 0 Å². The van der Waals surface area contributed by atoms with E-state index in [0.717, 1.165) is 19.3 Å². The lowest BCUT2D eigenvalue weighted by atomic mass is 10.1. The van der Waals surface area contributed by atoms with Crippen molar-refractivity contribution in [2.75, 3.05) is 0 Å². The Balaban J connectivity index is 2.16. The van der Waals surface area contributed by atoms with E-state index in [1.54, 1.807) is 0 Å². The van der Waals surface area contributed by atoms with Crippen LogP contribution >= 0.6 is 0 Å². The van der Waals surface area contributed by atoms with Gasteiger partial charge in [0.25, 0.3) is 0 Å². The molecule has 2 rings (SSSR count). The lowest BCUT2D eigenvalue weighted by molar-refractivity contribution is 0.164. The van der Waals surface area contributed by atoms with Crippen LogP contribution in [0.2, 0.25) is 0 Å². The first kappa shape index (κ1) is 5.25. The fourth-order valence-corrected chi connectivity index (χ4v) is 1.95. The molecule has 0 aromatic heterocycles. The van der Waals surface area contributed by atoms with E-state index in [1.807, 2.05) is 0 Å². The molecule has 2 saturated carbocycles. The second-order valence-corrected chi connectivity index (χ2v) is 3.26. The van der Waals surface area contributed by atoms with Gasteiger partial charge in [0, 0.05) is 0 Å². The molecule has 0 aromatic rings. The van der Waals surface area contributed by atoms with Crippen LogP contribution in [0, 0.1) is 22.7 Å². The zero-order valence-electron chi connectivity index (χ0n) is 5.17. The number of aliphatic hydroxyl groups is 1. The highest BCUT2D eigenvalue weighted by molar-refractivity contribution is 5.20. The summed E-state index contributed by atoms with van der Waals surface area (Å²) < 4.78 is 0. The molecule has 2 nitrogen and oxygen atoms in total.